The minimum absolute atomic E-state index is 0.0187. The van der Waals surface area contributed by atoms with E-state index in [-0.39, 0.29) is 28.5 Å². The Kier molecular flexibility index (Phi) is 8.96. The molecule has 0 saturated carbocycles. The van der Waals surface area contributed by atoms with E-state index in [0.29, 0.717) is 44.0 Å². The van der Waals surface area contributed by atoms with Crippen LogP contribution in [0, 0.1) is 0 Å². The normalized spacial score (nSPS) is 16.9. The van der Waals surface area contributed by atoms with Crippen LogP contribution in [0.3, 0.4) is 0 Å². The molecule has 1 aliphatic heterocycles. The Morgan fingerprint density at radius 3 is 2.51 bits per heavy atom. The van der Waals surface area contributed by atoms with Crippen LogP contribution in [-0.4, -0.2) is 60.9 Å². The Labute approximate surface area is 210 Å². The molecular formula is C27H39N3O4Si. The van der Waals surface area contributed by atoms with Crippen molar-refractivity contribution >= 4 is 20.0 Å². The SMILES string of the molecule is CC(=O)c1nnc(C(=O)N2CCC[C@@H](OCc3ccccc3)C2)cc1CCO[Si](C)(C)C(C)(C)C. The van der Waals surface area contributed by atoms with Gasteiger partial charge in [0.25, 0.3) is 5.91 Å². The zero-order valence-corrected chi connectivity index (χ0v) is 23.0. The number of rotatable bonds is 9. The molecule has 1 aliphatic rings. The largest absolute Gasteiger partial charge is 0.416 e. The summed E-state index contributed by atoms with van der Waals surface area (Å²) in [5.41, 5.74) is 2.40. The van der Waals surface area contributed by atoms with Crippen LogP contribution in [0.5, 0.6) is 0 Å². The molecule has 2 heterocycles. The third-order valence-corrected chi connectivity index (χ3v) is 11.6. The van der Waals surface area contributed by atoms with Gasteiger partial charge in [0.2, 0.25) is 0 Å². The van der Waals surface area contributed by atoms with Crippen LogP contribution in [0.15, 0.2) is 36.4 Å². The Balaban J connectivity index is 1.66. The molecule has 0 spiro atoms. The molecule has 35 heavy (non-hydrogen) atoms. The number of ether oxygens (including phenoxy) is 1. The Morgan fingerprint density at radius 2 is 1.86 bits per heavy atom. The van der Waals surface area contributed by atoms with E-state index < -0.39 is 8.32 Å². The van der Waals surface area contributed by atoms with Crippen LogP contribution < -0.4 is 0 Å². The van der Waals surface area contributed by atoms with Gasteiger partial charge in [-0.25, -0.2) is 0 Å². The molecule has 1 aromatic heterocycles. The van der Waals surface area contributed by atoms with E-state index in [1.807, 2.05) is 30.3 Å². The number of Topliss-reactive ketones (excluding diaryl/α,β-unsaturated/α-hetero) is 1. The van der Waals surface area contributed by atoms with Crippen LogP contribution in [0.1, 0.15) is 72.6 Å². The van der Waals surface area contributed by atoms with Crippen molar-refractivity contribution in [1.29, 1.82) is 0 Å². The summed E-state index contributed by atoms with van der Waals surface area (Å²) in [5, 5.41) is 8.34. The first-order chi connectivity index (χ1) is 16.5. The highest BCUT2D eigenvalue weighted by atomic mass is 28.4. The second-order valence-electron chi connectivity index (χ2n) is 10.8. The second kappa shape index (κ2) is 11.5. The third-order valence-electron chi connectivity index (χ3n) is 7.06. The molecule has 8 heteroatoms. The lowest BCUT2D eigenvalue weighted by Gasteiger charge is -2.36. The number of piperidine rings is 1. The molecule has 1 aromatic carbocycles. The molecule has 1 fully saturated rings. The topological polar surface area (TPSA) is 81.6 Å². The fraction of sp³-hybridized carbons (Fsp3) is 0.556. The molecule has 3 rings (SSSR count). The van der Waals surface area contributed by atoms with E-state index in [1.165, 1.54) is 6.92 Å². The average molecular weight is 498 g/mol. The van der Waals surface area contributed by atoms with Crippen LogP contribution in [0.25, 0.3) is 0 Å². The molecule has 1 saturated heterocycles. The van der Waals surface area contributed by atoms with Gasteiger partial charge in [-0.2, -0.15) is 0 Å². The molecule has 190 valence electrons. The number of hydrogen-bond acceptors (Lipinski definition) is 6. The van der Waals surface area contributed by atoms with Crippen molar-refractivity contribution in [3.63, 3.8) is 0 Å². The summed E-state index contributed by atoms with van der Waals surface area (Å²) in [5.74, 6) is -0.335. The van der Waals surface area contributed by atoms with Gasteiger partial charge < -0.3 is 14.1 Å². The van der Waals surface area contributed by atoms with Crippen molar-refractivity contribution in [1.82, 2.24) is 15.1 Å². The van der Waals surface area contributed by atoms with Gasteiger partial charge in [-0.05, 0) is 54.6 Å². The van der Waals surface area contributed by atoms with Crippen molar-refractivity contribution in [2.24, 2.45) is 0 Å². The summed E-state index contributed by atoms with van der Waals surface area (Å²) >= 11 is 0. The van der Waals surface area contributed by atoms with E-state index in [2.05, 4.69) is 44.1 Å². The number of amides is 1. The highest BCUT2D eigenvalue weighted by Crippen LogP contribution is 2.36. The van der Waals surface area contributed by atoms with Gasteiger partial charge in [-0.3, -0.25) is 9.59 Å². The van der Waals surface area contributed by atoms with E-state index in [9.17, 15) is 9.59 Å². The Bertz CT molecular complexity index is 1020. The van der Waals surface area contributed by atoms with Gasteiger partial charge in [0.05, 0.1) is 12.7 Å². The lowest BCUT2D eigenvalue weighted by atomic mass is 10.1. The van der Waals surface area contributed by atoms with Gasteiger partial charge in [0, 0.05) is 26.6 Å². The van der Waals surface area contributed by atoms with Crippen molar-refractivity contribution in [3.8, 4) is 0 Å². The van der Waals surface area contributed by atoms with Gasteiger partial charge in [0.1, 0.15) is 5.69 Å². The minimum atomic E-state index is -1.92. The quantitative estimate of drug-likeness (QED) is 0.356. The third kappa shape index (κ3) is 7.29. The van der Waals surface area contributed by atoms with Gasteiger partial charge in [-0.1, -0.05) is 51.1 Å². The Hall–Kier alpha value is -2.42. The van der Waals surface area contributed by atoms with Crippen LogP contribution in [0.2, 0.25) is 18.1 Å². The number of aromatic nitrogens is 2. The predicted octanol–water partition coefficient (Wildman–Crippen LogP) is 5.06. The first-order valence-electron chi connectivity index (χ1n) is 12.4. The smallest absolute Gasteiger partial charge is 0.274 e. The van der Waals surface area contributed by atoms with E-state index in [4.69, 9.17) is 9.16 Å². The average Bonchev–Trinajstić information content (AvgIpc) is 2.82. The molecule has 0 radical (unpaired) electrons. The zero-order valence-electron chi connectivity index (χ0n) is 22.0. The first-order valence-corrected chi connectivity index (χ1v) is 15.3. The van der Waals surface area contributed by atoms with Crippen molar-refractivity contribution in [3.05, 3.63) is 58.9 Å². The number of ketones is 1. The van der Waals surface area contributed by atoms with Gasteiger partial charge in [0.15, 0.2) is 19.8 Å². The number of likely N-dealkylation sites (tertiary alicyclic amines) is 1. The standard InChI is InChI=1S/C27H39N3O4Si/c1-20(31)25-22(14-16-34-35(5,6)27(2,3)4)17-24(28-29-25)26(32)30-15-10-13-23(18-30)33-19-21-11-8-7-9-12-21/h7-9,11-12,17,23H,10,13-16,18-19H2,1-6H3/t23-/m1/s1. The van der Waals surface area contributed by atoms with Crippen molar-refractivity contribution < 1.29 is 18.8 Å². The summed E-state index contributed by atoms with van der Waals surface area (Å²) in [4.78, 5) is 27.2. The summed E-state index contributed by atoms with van der Waals surface area (Å²) < 4.78 is 12.4. The summed E-state index contributed by atoms with van der Waals surface area (Å²) in [6, 6.07) is 11.8. The molecule has 0 bridgehead atoms. The molecule has 2 aromatic rings. The fourth-order valence-electron chi connectivity index (χ4n) is 3.86. The number of carbonyl (C=O) groups is 2. The number of benzene rings is 1. The number of nitrogens with zero attached hydrogens (tertiary/aromatic N) is 3. The van der Waals surface area contributed by atoms with Gasteiger partial charge >= 0.3 is 0 Å². The van der Waals surface area contributed by atoms with Crippen molar-refractivity contribution in [2.45, 2.75) is 77.8 Å². The minimum Gasteiger partial charge on any atom is -0.416 e. The number of carbonyl (C=O) groups excluding carboxylic acids is 2. The molecule has 0 unspecified atom stereocenters. The summed E-state index contributed by atoms with van der Waals surface area (Å²) in [7, 11) is -1.92. The monoisotopic (exact) mass is 497 g/mol. The molecule has 1 amide bonds. The van der Waals surface area contributed by atoms with Crippen LogP contribution in [-0.2, 0) is 22.2 Å². The fourth-order valence-corrected chi connectivity index (χ4v) is 4.91. The van der Waals surface area contributed by atoms with E-state index >= 15 is 0 Å². The van der Waals surface area contributed by atoms with Crippen molar-refractivity contribution in [2.75, 3.05) is 19.7 Å². The first kappa shape index (κ1) is 27.2. The lowest BCUT2D eigenvalue weighted by Crippen LogP contribution is -2.43. The summed E-state index contributed by atoms with van der Waals surface area (Å²) in [6.07, 6.45) is 2.29. The summed E-state index contributed by atoms with van der Waals surface area (Å²) in [6.45, 7) is 14.6. The van der Waals surface area contributed by atoms with Crippen LogP contribution >= 0.6 is 0 Å². The van der Waals surface area contributed by atoms with Crippen LogP contribution in [0.4, 0.5) is 0 Å². The van der Waals surface area contributed by atoms with E-state index in [0.717, 1.165) is 18.4 Å². The maximum absolute atomic E-state index is 13.3. The Morgan fingerprint density at radius 1 is 1.14 bits per heavy atom. The maximum atomic E-state index is 13.3. The highest BCUT2D eigenvalue weighted by Gasteiger charge is 2.37. The zero-order chi connectivity index (χ0) is 25.6. The second-order valence-corrected chi connectivity index (χ2v) is 15.6. The highest BCUT2D eigenvalue weighted by molar-refractivity contribution is 6.74. The molecule has 0 N–H and O–H groups in total. The maximum Gasteiger partial charge on any atom is 0.274 e. The predicted molar refractivity (Wildman–Crippen MR) is 139 cm³/mol. The molecule has 1 atom stereocenters. The number of hydrogen-bond donors (Lipinski definition) is 0. The molecular weight excluding hydrogens is 458 g/mol. The van der Waals surface area contributed by atoms with Gasteiger partial charge in [-0.15, -0.1) is 10.2 Å². The lowest BCUT2D eigenvalue weighted by molar-refractivity contribution is -0.00692. The molecule has 0 aliphatic carbocycles. The van der Waals surface area contributed by atoms with E-state index in [1.54, 1.807) is 11.0 Å². The molecule has 7 nitrogen and oxygen atoms in total.